The first kappa shape index (κ1) is 15.8. The number of hydrogen-bond donors (Lipinski definition) is 1. The maximum Gasteiger partial charge on any atom is 0.239 e. The normalized spacial score (nSPS) is 30.9. The summed E-state index contributed by atoms with van der Waals surface area (Å²) in [5, 5.41) is 0. The molecule has 3 unspecified atom stereocenters. The van der Waals surface area contributed by atoms with Crippen LogP contribution in [0.3, 0.4) is 0 Å². The fourth-order valence-electron chi connectivity index (χ4n) is 3.83. The van der Waals surface area contributed by atoms with Gasteiger partial charge in [0.1, 0.15) is 0 Å². The molecule has 2 aliphatic heterocycles. The van der Waals surface area contributed by atoms with Crippen LogP contribution in [0.1, 0.15) is 52.4 Å². The summed E-state index contributed by atoms with van der Waals surface area (Å²) in [6, 6.07) is 0.360. The van der Waals surface area contributed by atoms with E-state index in [1.165, 1.54) is 25.7 Å². The van der Waals surface area contributed by atoms with Gasteiger partial charge in [0.15, 0.2) is 0 Å². The zero-order valence-corrected chi connectivity index (χ0v) is 13.2. The molecular weight excluding hydrogens is 250 g/mol. The number of rotatable bonds is 3. The first-order chi connectivity index (χ1) is 9.65. The van der Waals surface area contributed by atoms with Crippen molar-refractivity contribution in [1.82, 2.24) is 9.80 Å². The predicted molar refractivity (Wildman–Crippen MR) is 82.5 cm³/mol. The van der Waals surface area contributed by atoms with Gasteiger partial charge >= 0.3 is 0 Å². The third-order valence-corrected chi connectivity index (χ3v) is 5.17. The van der Waals surface area contributed by atoms with E-state index in [2.05, 4.69) is 23.6 Å². The van der Waals surface area contributed by atoms with Crippen LogP contribution in [-0.4, -0.2) is 54.0 Å². The minimum atomic E-state index is -0.00981. The van der Waals surface area contributed by atoms with Gasteiger partial charge in [0.2, 0.25) is 5.91 Å². The Kier molecular flexibility index (Phi) is 5.85. The van der Waals surface area contributed by atoms with Crippen molar-refractivity contribution in [3.63, 3.8) is 0 Å². The van der Waals surface area contributed by atoms with Crippen molar-refractivity contribution in [2.75, 3.05) is 26.2 Å². The molecule has 1 amide bonds. The molecule has 0 saturated carbocycles. The van der Waals surface area contributed by atoms with Gasteiger partial charge in [-0.15, -0.1) is 0 Å². The summed E-state index contributed by atoms with van der Waals surface area (Å²) in [5.74, 6) is 0.924. The first-order valence-corrected chi connectivity index (χ1v) is 8.39. The van der Waals surface area contributed by atoms with Gasteiger partial charge in [-0.3, -0.25) is 9.69 Å². The van der Waals surface area contributed by atoms with Crippen LogP contribution in [-0.2, 0) is 4.79 Å². The van der Waals surface area contributed by atoms with Gasteiger partial charge in [-0.25, -0.2) is 0 Å². The number of carbonyl (C=O) groups is 1. The summed E-state index contributed by atoms with van der Waals surface area (Å²) in [6.07, 6.45) is 7.29. The summed E-state index contributed by atoms with van der Waals surface area (Å²) < 4.78 is 0. The van der Waals surface area contributed by atoms with Crippen molar-refractivity contribution in [3.05, 3.63) is 0 Å². The SMILES string of the molecule is CC1CCCN(C(C)C(=O)N2CCCCCC2)C1CN. The Morgan fingerprint density at radius 1 is 1.15 bits per heavy atom. The summed E-state index contributed by atoms with van der Waals surface area (Å²) in [5.41, 5.74) is 5.96. The third-order valence-electron chi connectivity index (χ3n) is 5.17. The molecule has 2 fully saturated rings. The number of carbonyl (C=O) groups excluding carboxylic acids is 1. The van der Waals surface area contributed by atoms with Crippen molar-refractivity contribution in [2.24, 2.45) is 11.7 Å². The zero-order valence-electron chi connectivity index (χ0n) is 13.2. The van der Waals surface area contributed by atoms with Crippen molar-refractivity contribution in [1.29, 1.82) is 0 Å². The second-order valence-electron chi connectivity index (χ2n) is 6.58. The molecule has 2 N–H and O–H groups in total. The van der Waals surface area contributed by atoms with Gasteiger partial charge < -0.3 is 10.6 Å². The third kappa shape index (κ3) is 3.53. The second-order valence-corrected chi connectivity index (χ2v) is 6.58. The lowest BCUT2D eigenvalue weighted by molar-refractivity contribution is -0.138. The van der Waals surface area contributed by atoms with Gasteiger partial charge in [-0.2, -0.15) is 0 Å². The smallest absolute Gasteiger partial charge is 0.239 e. The van der Waals surface area contributed by atoms with Crippen LogP contribution in [0.2, 0.25) is 0 Å². The largest absolute Gasteiger partial charge is 0.341 e. The van der Waals surface area contributed by atoms with Crippen LogP contribution in [0.4, 0.5) is 0 Å². The van der Waals surface area contributed by atoms with Gasteiger partial charge in [-0.05, 0) is 45.1 Å². The number of nitrogens with zero attached hydrogens (tertiary/aromatic N) is 2. The average molecular weight is 281 g/mol. The Hall–Kier alpha value is -0.610. The maximum absolute atomic E-state index is 12.8. The molecule has 0 bridgehead atoms. The van der Waals surface area contributed by atoms with E-state index in [-0.39, 0.29) is 6.04 Å². The fourth-order valence-corrected chi connectivity index (χ4v) is 3.83. The summed E-state index contributed by atoms with van der Waals surface area (Å²) in [4.78, 5) is 17.2. The van der Waals surface area contributed by atoms with Gasteiger partial charge in [0.05, 0.1) is 6.04 Å². The summed E-state index contributed by atoms with van der Waals surface area (Å²) >= 11 is 0. The minimum Gasteiger partial charge on any atom is -0.341 e. The van der Waals surface area contributed by atoms with Crippen LogP contribution in [0, 0.1) is 5.92 Å². The standard InChI is InChI=1S/C16H31N3O/c1-13-8-7-11-19(15(13)12-17)14(2)16(20)18-9-5-3-4-6-10-18/h13-15H,3-12,17H2,1-2H3. The highest BCUT2D eigenvalue weighted by molar-refractivity contribution is 5.81. The number of amides is 1. The summed E-state index contributed by atoms with van der Waals surface area (Å²) in [6.45, 7) is 7.92. The molecule has 0 aromatic rings. The topological polar surface area (TPSA) is 49.6 Å². The van der Waals surface area contributed by atoms with Crippen molar-refractivity contribution < 1.29 is 4.79 Å². The minimum absolute atomic E-state index is 0.00981. The quantitative estimate of drug-likeness (QED) is 0.858. The van der Waals surface area contributed by atoms with E-state index < -0.39 is 0 Å². The number of hydrogen-bond acceptors (Lipinski definition) is 3. The molecule has 0 radical (unpaired) electrons. The van der Waals surface area contributed by atoms with Gasteiger partial charge in [0, 0.05) is 25.7 Å². The fraction of sp³-hybridized carbons (Fsp3) is 0.938. The molecule has 20 heavy (non-hydrogen) atoms. The van der Waals surface area contributed by atoms with Crippen LogP contribution < -0.4 is 5.73 Å². The van der Waals surface area contributed by atoms with Crippen LogP contribution >= 0.6 is 0 Å². The molecule has 2 rings (SSSR count). The van der Waals surface area contributed by atoms with Crippen LogP contribution in [0.15, 0.2) is 0 Å². The maximum atomic E-state index is 12.8. The molecule has 0 aromatic carbocycles. The molecule has 4 nitrogen and oxygen atoms in total. The van der Waals surface area contributed by atoms with Gasteiger partial charge in [-0.1, -0.05) is 19.8 Å². The van der Waals surface area contributed by atoms with Crippen molar-refractivity contribution >= 4 is 5.91 Å². The zero-order chi connectivity index (χ0) is 14.5. The molecule has 2 heterocycles. The molecule has 2 aliphatic rings. The van der Waals surface area contributed by atoms with E-state index in [1.807, 2.05) is 0 Å². The number of likely N-dealkylation sites (tertiary alicyclic amines) is 2. The molecule has 0 spiro atoms. The highest BCUT2D eigenvalue weighted by atomic mass is 16.2. The Balaban J connectivity index is 2.00. The molecule has 2 saturated heterocycles. The molecule has 116 valence electrons. The van der Waals surface area contributed by atoms with E-state index in [9.17, 15) is 4.79 Å². The second kappa shape index (κ2) is 7.41. The van der Waals surface area contributed by atoms with E-state index >= 15 is 0 Å². The highest BCUT2D eigenvalue weighted by Gasteiger charge is 2.35. The van der Waals surface area contributed by atoms with Crippen LogP contribution in [0.5, 0.6) is 0 Å². The molecule has 4 heteroatoms. The van der Waals surface area contributed by atoms with E-state index in [0.717, 1.165) is 32.5 Å². The van der Waals surface area contributed by atoms with Gasteiger partial charge in [0.25, 0.3) is 0 Å². The monoisotopic (exact) mass is 281 g/mol. The lowest BCUT2D eigenvalue weighted by Crippen LogP contribution is -2.57. The van der Waals surface area contributed by atoms with E-state index in [0.29, 0.717) is 24.4 Å². The summed E-state index contributed by atoms with van der Waals surface area (Å²) in [7, 11) is 0. The molecular formula is C16H31N3O. The Morgan fingerprint density at radius 2 is 1.80 bits per heavy atom. The van der Waals surface area contributed by atoms with E-state index in [4.69, 9.17) is 5.73 Å². The van der Waals surface area contributed by atoms with Crippen molar-refractivity contribution in [3.8, 4) is 0 Å². The highest BCUT2D eigenvalue weighted by Crippen LogP contribution is 2.25. The average Bonchev–Trinajstić information content (AvgIpc) is 2.74. The molecule has 0 aliphatic carbocycles. The number of piperidine rings is 1. The van der Waals surface area contributed by atoms with E-state index in [1.54, 1.807) is 0 Å². The van der Waals surface area contributed by atoms with Crippen LogP contribution in [0.25, 0.3) is 0 Å². The molecule has 3 atom stereocenters. The Labute approximate surface area is 123 Å². The Morgan fingerprint density at radius 3 is 2.40 bits per heavy atom. The van der Waals surface area contributed by atoms with Crippen molar-refractivity contribution in [2.45, 2.75) is 64.5 Å². The first-order valence-electron chi connectivity index (χ1n) is 8.39. The Bertz CT molecular complexity index is 313. The lowest BCUT2D eigenvalue weighted by Gasteiger charge is -2.43. The number of nitrogens with two attached hydrogens (primary N) is 1. The molecule has 0 aromatic heterocycles. The lowest BCUT2D eigenvalue weighted by atomic mass is 9.89. The predicted octanol–water partition coefficient (Wildman–Crippen LogP) is 1.84.